The van der Waals surface area contributed by atoms with E-state index in [0.29, 0.717) is 18.9 Å². The number of piperidine rings is 1. The van der Waals surface area contributed by atoms with Crippen LogP contribution in [0.25, 0.3) is 10.8 Å². The molecular formula is C24H24F2N2O3S. The molecule has 0 bridgehead atoms. The number of halogens is 2. The Hall–Kier alpha value is -2.84. The Kier molecular flexibility index (Phi) is 6.26. The van der Waals surface area contributed by atoms with Crippen LogP contribution in [0.15, 0.2) is 65.6 Å². The third-order valence-corrected chi connectivity index (χ3v) is 7.90. The number of nitrogens with one attached hydrogen (secondary N) is 1. The number of hydrogen-bond acceptors (Lipinski definition) is 3. The quantitative estimate of drug-likeness (QED) is 0.617. The first-order chi connectivity index (χ1) is 15.3. The molecule has 3 aromatic rings. The van der Waals surface area contributed by atoms with Gasteiger partial charge in [-0.25, -0.2) is 17.2 Å². The first kappa shape index (κ1) is 22.4. The highest BCUT2D eigenvalue weighted by molar-refractivity contribution is 7.89. The fraction of sp³-hybridized carbons (Fsp3) is 0.292. The molecule has 1 fully saturated rings. The molecule has 1 N–H and O–H groups in total. The number of benzene rings is 3. The summed E-state index contributed by atoms with van der Waals surface area (Å²) in [6, 6.07) is 16.3. The van der Waals surface area contributed by atoms with Gasteiger partial charge in [0.15, 0.2) is 11.6 Å². The second-order valence-corrected chi connectivity index (χ2v) is 9.99. The van der Waals surface area contributed by atoms with E-state index in [9.17, 15) is 22.0 Å². The average Bonchev–Trinajstić information content (AvgIpc) is 2.80. The molecule has 168 valence electrons. The topological polar surface area (TPSA) is 66.5 Å². The molecule has 0 saturated carbocycles. The van der Waals surface area contributed by atoms with Gasteiger partial charge in [0.25, 0.3) is 0 Å². The van der Waals surface area contributed by atoms with Crippen molar-refractivity contribution in [2.75, 3.05) is 13.1 Å². The van der Waals surface area contributed by atoms with Crippen molar-refractivity contribution in [1.29, 1.82) is 0 Å². The number of nitrogens with zero attached hydrogens (tertiary/aromatic N) is 1. The van der Waals surface area contributed by atoms with E-state index in [1.807, 2.05) is 49.4 Å². The lowest BCUT2D eigenvalue weighted by atomic mass is 9.95. The van der Waals surface area contributed by atoms with E-state index in [0.717, 1.165) is 28.5 Å². The second-order valence-electron chi connectivity index (χ2n) is 8.05. The number of rotatable bonds is 5. The van der Waals surface area contributed by atoms with Gasteiger partial charge in [0.2, 0.25) is 15.9 Å². The van der Waals surface area contributed by atoms with Gasteiger partial charge in [-0.2, -0.15) is 4.31 Å². The van der Waals surface area contributed by atoms with Gasteiger partial charge in [0.05, 0.1) is 10.9 Å². The molecule has 1 heterocycles. The third kappa shape index (κ3) is 4.38. The molecule has 8 heteroatoms. The number of sulfonamides is 1. The summed E-state index contributed by atoms with van der Waals surface area (Å²) in [5.41, 5.74) is 1.02. The van der Waals surface area contributed by atoms with Crippen molar-refractivity contribution in [3.63, 3.8) is 0 Å². The molecule has 1 amide bonds. The Morgan fingerprint density at radius 3 is 2.41 bits per heavy atom. The number of carbonyl (C=O) groups is 1. The van der Waals surface area contributed by atoms with E-state index in [2.05, 4.69) is 5.32 Å². The molecule has 0 spiro atoms. The highest BCUT2D eigenvalue weighted by Crippen LogP contribution is 2.27. The van der Waals surface area contributed by atoms with Gasteiger partial charge in [0.1, 0.15) is 0 Å². The largest absolute Gasteiger partial charge is 0.349 e. The van der Waals surface area contributed by atoms with Crippen LogP contribution in [0.4, 0.5) is 8.78 Å². The van der Waals surface area contributed by atoms with Crippen LogP contribution in [0.2, 0.25) is 0 Å². The minimum atomic E-state index is -3.95. The van der Waals surface area contributed by atoms with Crippen LogP contribution in [-0.2, 0) is 14.8 Å². The fourth-order valence-corrected chi connectivity index (χ4v) is 5.66. The second kappa shape index (κ2) is 8.96. The van der Waals surface area contributed by atoms with E-state index in [1.165, 1.54) is 4.31 Å². The lowest BCUT2D eigenvalue weighted by Crippen LogP contribution is -2.43. The van der Waals surface area contributed by atoms with Gasteiger partial charge in [0, 0.05) is 19.0 Å². The van der Waals surface area contributed by atoms with Gasteiger partial charge < -0.3 is 5.32 Å². The molecule has 0 aromatic heterocycles. The minimum absolute atomic E-state index is 0.115. The summed E-state index contributed by atoms with van der Waals surface area (Å²) in [4.78, 5) is 12.6. The normalized spacial score (nSPS) is 16.7. The lowest BCUT2D eigenvalue weighted by Gasteiger charge is -2.31. The molecule has 1 atom stereocenters. The standard InChI is InChI=1S/C24H24F2N2O3S/c1-16(20-8-4-6-17-5-2-3-7-21(17)20)27-24(29)18-11-13-28(14-12-18)32(30,31)19-9-10-22(25)23(26)15-19/h2-10,15-16,18H,11-14H2,1H3,(H,27,29). The minimum Gasteiger partial charge on any atom is -0.349 e. The maximum absolute atomic E-state index is 13.5. The summed E-state index contributed by atoms with van der Waals surface area (Å²) in [6.45, 7) is 2.21. The highest BCUT2D eigenvalue weighted by Gasteiger charge is 2.33. The fourth-order valence-electron chi connectivity index (χ4n) is 4.18. The zero-order chi connectivity index (χ0) is 22.9. The molecule has 0 aliphatic carbocycles. The van der Waals surface area contributed by atoms with Crippen molar-refractivity contribution < 1.29 is 22.0 Å². The molecule has 1 saturated heterocycles. The first-order valence-electron chi connectivity index (χ1n) is 10.5. The Morgan fingerprint density at radius 2 is 1.69 bits per heavy atom. The molecule has 1 aliphatic rings. The number of amides is 1. The summed E-state index contributed by atoms with van der Waals surface area (Å²) >= 11 is 0. The van der Waals surface area contributed by atoms with Crippen LogP contribution in [0.5, 0.6) is 0 Å². The van der Waals surface area contributed by atoms with Crippen molar-refractivity contribution in [3.05, 3.63) is 77.9 Å². The molecular weight excluding hydrogens is 434 g/mol. The summed E-state index contributed by atoms with van der Waals surface area (Å²) in [6.07, 6.45) is 0.716. The van der Waals surface area contributed by atoms with Crippen molar-refractivity contribution in [2.45, 2.75) is 30.7 Å². The van der Waals surface area contributed by atoms with E-state index < -0.39 is 21.7 Å². The summed E-state index contributed by atoms with van der Waals surface area (Å²) < 4.78 is 53.4. The summed E-state index contributed by atoms with van der Waals surface area (Å²) in [5, 5.41) is 5.24. The Balaban J connectivity index is 1.40. The predicted octanol–water partition coefficient (Wildman–Crippen LogP) is 4.40. The lowest BCUT2D eigenvalue weighted by molar-refractivity contribution is -0.126. The van der Waals surface area contributed by atoms with E-state index in [4.69, 9.17) is 0 Å². The van der Waals surface area contributed by atoms with Crippen molar-refractivity contribution >= 4 is 26.7 Å². The van der Waals surface area contributed by atoms with E-state index >= 15 is 0 Å². The maximum atomic E-state index is 13.5. The van der Waals surface area contributed by atoms with Crippen molar-refractivity contribution in [2.24, 2.45) is 5.92 Å². The van der Waals surface area contributed by atoms with Gasteiger partial charge in [-0.1, -0.05) is 42.5 Å². The van der Waals surface area contributed by atoms with Gasteiger partial charge in [-0.05, 0) is 54.3 Å². The monoisotopic (exact) mass is 458 g/mol. The molecule has 32 heavy (non-hydrogen) atoms. The van der Waals surface area contributed by atoms with Crippen LogP contribution in [0.3, 0.4) is 0 Å². The van der Waals surface area contributed by atoms with E-state index in [-0.39, 0.29) is 35.9 Å². The van der Waals surface area contributed by atoms with Crippen LogP contribution in [-0.4, -0.2) is 31.7 Å². The SMILES string of the molecule is CC(NC(=O)C1CCN(S(=O)(=O)c2ccc(F)c(F)c2)CC1)c1cccc2ccccc12. The number of carbonyl (C=O) groups excluding carboxylic acids is 1. The predicted molar refractivity (Wildman–Crippen MR) is 118 cm³/mol. The van der Waals surface area contributed by atoms with Gasteiger partial charge in [-0.3, -0.25) is 4.79 Å². The molecule has 4 rings (SSSR count). The zero-order valence-corrected chi connectivity index (χ0v) is 18.4. The van der Waals surface area contributed by atoms with Gasteiger partial charge >= 0.3 is 0 Å². The molecule has 1 unspecified atom stereocenters. The first-order valence-corrected chi connectivity index (χ1v) is 11.9. The maximum Gasteiger partial charge on any atom is 0.243 e. The van der Waals surface area contributed by atoms with Crippen molar-refractivity contribution in [1.82, 2.24) is 9.62 Å². The third-order valence-electron chi connectivity index (χ3n) is 6.00. The summed E-state index contributed by atoms with van der Waals surface area (Å²) in [7, 11) is -3.95. The van der Waals surface area contributed by atoms with Gasteiger partial charge in [-0.15, -0.1) is 0 Å². The van der Waals surface area contributed by atoms with Crippen LogP contribution in [0, 0.1) is 17.6 Å². The number of hydrogen-bond donors (Lipinski definition) is 1. The van der Waals surface area contributed by atoms with E-state index in [1.54, 1.807) is 0 Å². The van der Waals surface area contributed by atoms with Crippen LogP contribution < -0.4 is 5.32 Å². The average molecular weight is 459 g/mol. The summed E-state index contributed by atoms with van der Waals surface area (Å²) in [5.74, 6) is -2.73. The number of fused-ring (bicyclic) bond motifs is 1. The Morgan fingerprint density at radius 1 is 1.00 bits per heavy atom. The molecule has 5 nitrogen and oxygen atoms in total. The zero-order valence-electron chi connectivity index (χ0n) is 17.6. The van der Waals surface area contributed by atoms with Crippen LogP contribution >= 0.6 is 0 Å². The molecule has 3 aromatic carbocycles. The van der Waals surface area contributed by atoms with Crippen LogP contribution in [0.1, 0.15) is 31.4 Å². The highest BCUT2D eigenvalue weighted by atomic mass is 32.2. The molecule has 0 radical (unpaired) electrons. The molecule has 1 aliphatic heterocycles. The van der Waals surface area contributed by atoms with Crippen molar-refractivity contribution in [3.8, 4) is 0 Å². The Bertz CT molecular complexity index is 1250. The smallest absolute Gasteiger partial charge is 0.243 e. The Labute approximate surface area is 186 Å².